The third-order valence-corrected chi connectivity index (χ3v) is 5.01. The summed E-state index contributed by atoms with van der Waals surface area (Å²) in [6, 6.07) is 1.46. The summed E-state index contributed by atoms with van der Waals surface area (Å²) in [6.07, 6.45) is 2.62. The molecule has 1 saturated heterocycles. The normalized spacial score (nSPS) is 25.8. The second-order valence-corrected chi connectivity index (χ2v) is 6.67. The fourth-order valence-corrected chi connectivity index (χ4v) is 3.25. The Morgan fingerprint density at radius 3 is 2.76 bits per heavy atom. The highest BCUT2D eigenvalue weighted by atomic mass is 32.2. The standard InChI is InChI=1S/C14H30N2S/c1-5-12(3)14-11-16(9-8-15-14)13(4)7-10-17-6-2/h12-15H,5-11H2,1-4H3. The number of hydrogen-bond acceptors (Lipinski definition) is 3. The van der Waals surface area contributed by atoms with Gasteiger partial charge in [0.2, 0.25) is 0 Å². The lowest BCUT2D eigenvalue weighted by Gasteiger charge is -2.39. The van der Waals surface area contributed by atoms with Crippen molar-refractivity contribution in [3.8, 4) is 0 Å². The SMILES string of the molecule is CCSCCC(C)N1CCNC(C(C)CC)C1. The molecule has 0 aromatic carbocycles. The molecule has 0 aromatic heterocycles. The van der Waals surface area contributed by atoms with E-state index < -0.39 is 0 Å². The number of rotatable bonds is 7. The summed E-state index contributed by atoms with van der Waals surface area (Å²) >= 11 is 2.07. The van der Waals surface area contributed by atoms with Crippen LogP contribution in [-0.4, -0.2) is 48.1 Å². The summed E-state index contributed by atoms with van der Waals surface area (Å²) in [6.45, 7) is 13.0. The highest BCUT2D eigenvalue weighted by Crippen LogP contribution is 2.16. The lowest BCUT2D eigenvalue weighted by Crippen LogP contribution is -2.55. The summed E-state index contributed by atoms with van der Waals surface area (Å²) in [5, 5.41) is 3.68. The van der Waals surface area contributed by atoms with Crippen molar-refractivity contribution >= 4 is 11.8 Å². The van der Waals surface area contributed by atoms with Crippen LogP contribution in [0.3, 0.4) is 0 Å². The van der Waals surface area contributed by atoms with Crippen LogP contribution in [0.4, 0.5) is 0 Å². The van der Waals surface area contributed by atoms with Gasteiger partial charge < -0.3 is 5.32 Å². The first kappa shape index (κ1) is 15.3. The largest absolute Gasteiger partial charge is 0.311 e. The summed E-state index contributed by atoms with van der Waals surface area (Å²) in [5.41, 5.74) is 0. The maximum absolute atomic E-state index is 3.68. The van der Waals surface area contributed by atoms with Crippen LogP contribution in [0, 0.1) is 5.92 Å². The molecular formula is C14H30N2S. The van der Waals surface area contributed by atoms with Gasteiger partial charge in [-0.1, -0.05) is 27.2 Å². The predicted octanol–water partition coefficient (Wildman–Crippen LogP) is 2.84. The van der Waals surface area contributed by atoms with Gasteiger partial charge in [0, 0.05) is 31.7 Å². The average molecular weight is 258 g/mol. The van der Waals surface area contributed by atoms with Crippen molar-refractivity contribution in [1.29, 1.82) is 0 Å². The maximum Gasteiger partial charge on any atom is 0.0221 e. The van der Waals surface area contributed by atoms with Crippen LogP contribution in [0.25, 0.3) is 0 Å². The molecule has 0 aromatic rings. The molecule has 1 aliphatic heterocycles. The van der Waals surface area contributed by atoms with Gasteiger partial charge >= 0.3 is 0 Å². The molecule has 0 spiro atoms. The lowest BCUT2D eigenvalue weighted by molar-refractivity contribution is 0.128. The molecular weight excluding hydrogens is 228 g/mol. The van der Waals surface area contributed by atoms with E-state index in [1.807, 2.05) is 0 Å². The first-order chi connectivity index (χ1) is 8.19. The van der Waals surface area contributed by atoms with Gasteiger partial charge in [0.15, 0.2) is 0 Å². The number of thioether (sulfide) groups is 1. The first-order valence-electron chi connectivity index (χ1n) is 7.24. The Morgan fingerprint density at radius 2 is 2.12 bits per heavy atom. The fraction of sp³-hybridized carbons (Fsp3) is 1.00. The summed E-state index contributed by atoms with van der Waals surface area (Å²) in [5.74, 6) is 3.37. The van der Waals surface area contributed by atoms with Crippen molar-refractivity contribution in [1.82, 2.24) is 10.2 Å². The third-order valence-electron chi connectivity index (χ3n) is 4.08. The summed E-state index contributed by atoms with van der Waals surface area (Å²) in [7, 11) is 0. The Labute approximate surface area is 112 Å². The number of nitrogens with one attached hydrogen (secondary N) is 1. The second kappa shape index (κ2) is 8.39. The molecule has 17 heavy (non-hydrogen) atoms. The van der Waals surface area contributed by atoms with E-state index in [2.05, 4.69) is 49.7 Å². The highest BCUT2D eigenvalue weighted by molar-refractivity contribution is 7.99. The Morgan fingerprint density at radius 1 is 1.35 bits per heavy atom. The monoisotopic (exact) mass is 258 g/mol. The van der Waals surface area contributed by atoms with Gasteiger partial charge in [-0.3, -0.25) is 4.90 Å². The van der Waals surface area contributed by atoms with E-state index in [0.29, 0.717) is 6.04 Å². The molecule has 3 unspecified atom stereocenters. The van der Waals surface area contributed by atoms with Gasteiger partial charge in [-0.15, -0.1) is 0 Å². The van der Waals surface area contributed by atoms with Gasteiger partial charge in [-0.05, 0) is 30.8 Å². The number of hydrogen-bond donors (Lipinski definition) is 1. The molecule has 2 nitrogen and oxygen atoms in total. The van der Waals surface area contributed by atoms with E-state index in [1.54, 1.807) is 0 Å². The Hall–Kier alpha value is 0.270. The molecule has 1 fully saturated rings. The average Bonchev–Trinajstić information content (AvgIpc) is 2.38. The van der Waals surface area contributed by atoms with Crippen LogP contribution in [0.2, 0.25) is 0 Å². The number of nitrogens with zero attached hydrogens (tertiary/aromatic N) is 1. The molecule has 3 atom stereocenters. The van der Waals surface area contributed by atoms with Gasteiger partial charge in [0.1, 0.15) is 0 Å². The van der Waals surface area contributed by atoms with E-state index in [9.17, 15) is 0 Å². The molecule has 1 N–H and O–H groups in total. The zero-order valence-electron chi connectivity index (χ0n) is 12.0. The molecule has 0 amide bonds. The Kier molecular flexibility index (Phi) is 7.56. The van der Waals surface area contributed by atoms with Crippen LogP contribution in [0.5, 0.6) is 0 Å². The zero-order valence-corrected chi connectivity index (χ0v) is 12.9. The highest BCUT2D eigenvalue weighted by Gasteiger charge is 2.25. The minimum absolute atomic E-state index is 0.704. The topological polar surface area (TPSA) is 15.3 Å². The smallest absolute Gasteiger partial charge is 0.0221 e. The molecule has 102 valence electrons. The van der Waals surface area contributed by atoms with Gasteiger partial charge in [-0.25, -0.2) is 0 Å². The van der Waals surface area contributed by atoms with E-state index >= 15 is 0 Å². The van der Waals surface area contributed by atoms with E-state index in [0.717, 1.165) is 12.0 Å². The second-order valence-electron chi connectivity index (χ2n) is 5.28. The fourth-order valence-electron chi connectivity index (χ4n) is 2.45. The van der Waals surface area contributed by atoms with Gasteiger partial charge in [0.05, 0.1) is 0 Å². The lowest BCUT2D eigenvalue weighted by atomic mass is 9.96. The van der Waals surface area contributed by atoms with Crippen molar-refractivity contribution in [2.24, 2.45) is 5.92 Å². The van der Waals surface area contributed by atoms with Crippen LogP contribution < -0.4 is 5.32 Å². The molecule has 0 aliphatic carbocycles. The minimum Gasteiger partial charge on any atom is -0.311 e. The van der Waals surface area contributed by atoms with E-state index in [4.69, 9.17) is 0 Å². The Bertz CT molecular complexity index is 199. The molecule has 0 saturated carbocycles. The molecule has 0 bridgehead atoms. The van der Waals surface area contributed by atoms with Crippen LogP contribution in [0.1, 0.15) is 40.5 Å². The zero-order chi connectivity index (χ0) is 12.7. The van der Waals surface area contributed by atoms with Crippen molar-refractivity contribution in [2.75, 3.05) is 31.1 Å². The Balaban J connectivity index is 2.32. The van der Waals surface area contributed by atoms with Gasteiger partial charge in [0.25, 0.3) is 0 Å². The predicted molar refractivity (Wildman–Crippen MR) is 79.9 cm³/mol. The quantitative estimate of drug-likeness (QED) is 0.707. The van der Waals surface area contributed by atoms with Crippen molar-refractivity contribution in [3.05, 3.63) is 0 Å². The summed E-state index contributed by atoms with van der Waals surface area (Å²) in [4.78, 5) is 2.68. The minimum atomic E-state index is 0.704. The van der Waals surface area contributed by atoms with E-state index in [1.165, 1.54) is 44.0 Å². The van der Waals surface area contributed by atoms with Crippen LogP contribution in [0.15, 0.2) is 0 Å². The van der Waals surface area contributed by atoms with Crippen molar-refractivity contribution in [3.63, 3.8) is 0 Å². The van der Waals surface area contributed by atoms with Crippen LogP contribution in [-0.2, 0) is 0 Å². The maximum atomic E-state index is 3.68. The van der Waals surface area contributed by atoms with Crippen molar-refractivity contribution < 1.29 is 0 Å². The van der Waals surface area contributed by atoms with E-state index in [-0.39, 0.29) is 0 Å². The number of piperazine rings is 1. The molecule has 0 radical (unpaired) electrons. The molecule has 1 rings (SSSR count). The molecule has 1 heterocycles. The van der Waals surface area contributed by atoms with Gasteiger partial charge in [-0.2, -0.15) is 11.8 Å². The molecule has 3 heteroatoms. The van der Waals surface area contributed by atoms with Crippen molar-refractivity contribution in [2.45, 2.75) is 52.6 Å². The molecule has 1 aliphatic rings. The summed E-state index contributed by atoms with van der Waals surface area (Å²) < 4.78 is 0. The first-order valence-corrected chi connectivity index (χ1v) is 8.39. The third kappa shape index (κ3) is 5.19. The van der Waals surface area contributed by atoms with Crippen LogP contribution >= 0.6 is 11.8 Å².